The van der Waals surface area contributed by atoms with Gasteiger partial charge < -0.3 is 73.8 Å². The average molecular weight is 1680 g/mol. The van der Waals surface area contributed by atoms with Gasteiger partial charge in [0.1, 0.15) is 47.1 Å². The third-order valence-electron chi connectivity index (χ3n) is 16.0. The minimum absolute atomic E-state index is 0.0392. The number of fused-ring (bicyclic) bond motifs is 20. The van der Waals surface area contributed by atoms with Gasteiger partial charge in [-0.25, -0.2) is 112 Å². The van der Waals surface area contributed by atoms with Crippen LogP contribution in [0.2, 0.25) is 0 Å². The molecule has 2 aliphatic heterocycles. The molecule has 0 amide bonds. The van der Waals surface area contributed by atoms with Crippen molar-refractivity contribution >= 4 is 114 Å². The number of nitrogens with one attached hydrogen (secondary N) is 7. The van der Waals surface area contributed by atoms with Crippen LogP contribution in [0.5, 0.6) is 0 Å². The number of rotatable bonds is 49. The SMILES string of the molecule is CCCOCCCS(=O)(=O)c1cc2c3nc4nc(nc5[nH]c(nc6nc(nc([nH]3)c2cc1S(=O)(=O)NCCOCCO)-c1cc(S(=O)(=O)NCCOCCO)c(S(=O)(=O)NCCOCCO)cc1-6)c1ccc(S(=O)(=O)CCCOCCO)cc51)-c1cc(S(=O)(=O)NCCOCCO)c(S(=O)(=O)NCCOCCO)cc1-4. The molecule has 2 aliphatic rings. The molecule has 3 aromatic heterocycles. The number of aromatic amines is 2. The molecule has 4 aromatic carbocycles. The van der Waals surface area contributed by atoms with Gasteiger partial charge in [-0.2, -0.15) is 0 Å². The fraction of sp³-hybridized carbons (Fsp3) is 0.492. The second-order valence-corrected chi connectivity index (χ2v) is 36.7. The average Bonchev–Trinajstić information content (AvgIpc) is 1.55. The summed E-state index contributed by atoms with van der Waals surface area (Å²) in [5.41, 5.74) is -2.66. The maximum atomic E-state index is 15.0. The number of aromatic nitrogens is 8. The molecule has 0 saturated carbocycles. The lowest BCUT2D eigenvalue weighted by molar-refractivity contribution is 0.0931. The topological polar surface area (TPSA) is 594 Å². The van der Waals surface area contributed by atoms with Crippen LogP contribution >= 0.6 is 0 Å². The number of sulfonamides is 5. The molecule has 8 bridgehead atoms. The van der Waals surface area contributed by atoms with Crippen LogP contribution in [0.4, 0.5) is 0 Å². The molecule has 606 valence electrons. The van der Waals surface area contributed by atoms with Gasteiger partial charge in [-0.05, 0) is 73.9 Å². The van der Waals surface area contributed by atoms with Crippen LogP contribution in [0.3, 0.4) is 0 Å². The van der Waals surface area contributed by atoms with Crippen molar-refractivity contribution in [1.82, 2.24) is 63.5 Å². The Labute approximate surface area is 633 Å². The van der Waals surface area contributed by atoms with Crippen molar-refractivity contribution in [3.05, 3.63) is 54.6 Å². The largest absolute Gasteiger partial charge is 0.394 e. The van der Waals surface area contributed by atoms with Crippen molar-refractivity contribution < 1.29 is 123 Å². The number of H-pyrrole nitrogens is 2. The lowest BCUT2D eigenvalue weighted by atomic mass is 10.1. The van der Waals surface area contributed by atoms with Gasteiger partial charge in [0.2, 0.25) is 50.1 Å². The second kappa shape index (κ2) is 39.3. The van der Waals surface area contributed by atoms with E-state index < -0.39 is 211 Å². The summed E-state index contributed by atoms with van der Waals surface area (Å²) < 4.78 is 255. The number of sulfone groups is 2. The van der Waals surface area contributed by atoms with Gasteiger partial charge in [0.05, 0.1) is 134 Å². The van der Waals surface area contributed by atoms with Crippen LogP contribution in [0.1, 0.15) is 26.2 Å². The van der Waals surface area contributed by atoms with E-state index in [2.05, 4.69) is 33.6 Å². The van der Waals surface area contributed by atoms with Gasteiger partial charge in [0.25, 0.3) is 0 Å². The van der Waals surface area contributed by atoms with E-state index >= 15 is 0 Å². The zero-order chi connectivity index (χ0) is 79.5. The molecular weight excluding hydrogens is 1600 g/mol. The molecule has 0 spiro atoms. The first-order valence-corrected chi connectivity index (χ1v) is 44.9. The van der Waals surface area contributed by atoms with Crippen LogP contribution in [-0.2, 0) is 103 Å². The van der Waals surface area contributed by atoms with Crippen molar-refractivity contribution in [2.45, 2.75) is 60.5 Å². The van der Waals surface area contributed by atoms with E-state index in [1.54, 1.807) is 0 Å². The molecule has 0 aliphatic carbocycles. The quantitative estimate of drug-likeness (QED) is 0.0185. The monoisotopic (exact) mass is 1680 g/mol. The van der Waals surface area contributed by atoms with Crippen molar-refractivity contribution in [2.75, 3.05) is 176 Å². The molecule has 47 heteroatoms. The van der Waals surface area contributed by atoms with Crippen LogP contribution in [-0.4, -0.2) is 306 Å². The van der Waals surface area contributed by atoms with Gasteiger partial charge in [0.15, 0.2) is 43.0 Å². The Morgan fingerprint density at radius 3 is 0.900 bits per heavy atom. The highest BCUT2D eigenvalue weighted by Gasteiger charge is 2.36. The molecule has 13 N–H and O–H groups in total. The van der Waals surface area contributed by atoms with Crippen molar-refractivity contribution in [3.8, 4) is 45.6 Å². The summed E-state index contributed by atoms with van der Waals surface area (Å²) in [7, 11) is -34.1. The minimum atomic E-state index is -5.03. The Bertz CT molecular complexity index is 5400. The summed E-state index contributed by atoms with van der Waals surface area (Å²) in [6.07, 6.45) is 0.367. The smallest absolute Gasteiger partial charge is 0.242 e. The normalized spacial score (nSPS) is 13.1. The third-order valence-corrected chi connectivity index (χ3v) is 27.5. The summed E-state index contributed by atoms with van der Waals surface area (Å²) in [5.74, 6) is -3.21. The maximum absolute atomic E-state index is 15.0. The van der Waals surface area contributed by atoms with Crippen molar-refractivity contribution in [1.29, 1.82) is 0 Å². The van der Waals surface area contributed by atoms with E-state index in [4.69, 9.17) is 63.1 Å². The molecule has 0 radical (unpaired) electrons. The van der Waals surface area contributed by atoms with E-state index in [0.717, 1.165) is 36.4 Å². The van der Waals surface area contributed by atoms with E-state index in [9.17, 15) is 89.6 Å². The standard InChI is InChI=1S/C63H85N13O27S7/c1-2-18-97-19-4-33-105(85,86)50-35-44-45(36-51(50)106(87,88)64-7-21-99-27-13-78)60-72-58(44)73-62-49-40-55(110(95,96)68-11-25-103-31-17-82)54(109(93,94)67-10-24-102-30-16-81)39-48(49)61(76-62)71-57-43-34-41(104(83,84)32-3-20-98-26-12-77)5-6-42(43)56(69-57)70-59-46-37-52(107(89,90)65-8-22-100-28-14-79)53(38-47(46)63(74-59)75-60)108(91,92)66-9-23-101-29-15-80/h5-6,34-40,64-68,77-82H,2-4,7-33H2,1H3,(H2,69,70,71,72,73,74,75,76). The number of benzene rings is 4. The Kier molecular flexibility index (Phi) is 31.1. The highest BCUT2D eigenvalue weighted by atomic mass is 32.2. The van der Waals surface area contributed by atoms with Gasteiger partial charge >= 0.3 is 0 Å². The molecule has 0 fully saturated rings. The number of hydrogen-bond acceptors (Lipinski definition) is 33. The Morgan fingerprint density at radius 1 is 0.309 bits per heavy atom. The summed E-state index contributed by atoms with van der Waals surface area (Å²) in [6.45, 7) is -5.71. The Balaban J connectivity index is 1.47. The molecule has 5 heterocycles. The maximum Gasteiger partial charge on any atom is 0.242 e. The van der Waals surface area contributed by atoms with E-state index in [-0.39, 0.29) is 172 Å². The highest BCUT2D eigenvalue weighted by molar-refractivity contribution is 7.94. The lowest BCUT2D eigenvalue weighted by Gasteiger charge is -2.15. The number of aliphatic hydroxyl groups excluding tert-OH is 6. The summed E-state index contributed by atoms with van der Waals surface area (Å²) in [5, 5.41) is 55.5. The third kappa shape index (κ3) is 21.7. The molecule has 40 nitrogen and oxygen atoms in total. The van der Waals surface area contributed by atoms with Crippen LogP contribution in [0.15, 0.2) is 88.9 Å². The molecule has 7 aromatic rings. The van der Waals surface area contributed by atoms with Gasteiger partial charge in [-0.15, -0.1) is 0 Å². The first kappa shape index (κ1) is 87.1. The van der Waals surface area contributed by atoms with Crippen LogP contribution in [0, 0.1) is 0 Å². The zero-order valence-electron chi connectivity index (χ0n) is 59.2. The lowest BCUT2D eigenvalue weighted by Crippen LogP contribution is -2.32. The van der Waals surface area contributed by atoms with Gasteiger partial charge in [-0.3, -0.25) is 0 Å². The fourth-order valence-electron chi connectivity index (χ4n) is 11.1. The fourth-order valence-corrected chi connectivity index (χ4v) is 21.3. The van der Waals surface area contributed by atoms with Gasteiger partial charge in [-0.1, -0.05) is 6.92 Å². The predicted molar refractivity (Wildman–Crippen MR) is 394 cm³/mol. The minimum Gasteiger partial charge on any atom is -0.394 e. The highest BCUT2D eigenvalue weighted by Crippen LogP contribution is 2.43. The molecular formula is C63H85N13O27S7. The van der Waals surface area contributed by atoms with Crippen LogP contribution < -0.4 is 23.6 Å². The first-order chi connectivity index (χ1) is 52.5. The number of ether oxygens (including phenoxy) is 7. The summed E-state index contributed by atoms with van der Waals surface area (Å²) in [6, 6.07) is 9.21. The molecule has 0 saturated heterocycles. The predicted octanol–water partition coefficient (Wildman–Crippen LogP) is -1.93. The second-order valence-electron chi connectivity index (χ2n) is 23.8. The van der Waals surface area contributed by atoms with Gasteiger partial charge in [0, 0.05) is 96.3 Å². The number of nitrogens with zero attached hydrogens (tertiary/aromatic N) is 6. The molecule has 0 unspecified atom stereocenters. The van der Waals surface area contributed by atoms with E-state index in [0.29, 0.717) is 6.42 Å². The van der Waals surface area contributed by atoms with E-state index in [1.807, 2.05) is 6.92 Å². The van der Waals surface area contributed by atoms with Crippen molar-refractivity contribution in [3.63, 3.8) is 0 Å². The number of aliphatic hydroxyl groups is 6. The molecule has 0 atom stereocenters. The van der Waals surface area contributed by atoms with Crippen LogP contribution in [0.25, 0.3) is 89.7 Å². The first-order valence-electron chi connectivity index (χ1n) is 34.2. The molecule has 9 rings (SSSR count). The zero-order valence-corrected chi connectivity index (χ0v) is 64.9. The molecule has 110 heavy (non-hydrogen) atoms. The summed E-state index contributed by atoms with van der Waals surface area (Å²) in [4.78, 5) is 29.3. The summed E-state index contributed by atoms with van der Waals surface area (Å²) >= 11 is 0. The van der Waals surface area contributed by atoms with Crippen molar-refractivity contribution in [2.24, 2.45) is 0 Å². The van der Waals surface area contributed by atoms with E-state index in [1.165, 1.54) is 18.2 Å². The Morgan fingerprint density at radius 2 is 0.582 bits per heavy atom. The number of hydrogen-bond donors (Lipinski definition) is 13. The Hall–Kier alpha value is -6.83.